The van der Waals surface area contributed by atoms with Gasteiger partial charge in [0.1, 0.15) is 5.75 Å². The maximum atomic E-state index is 12.8. The van der Waals surface area contributed by atoms with E-state index in [9.17, 15) is 8.78 Å². The quantitative estimate of drug-likeness (QED) is 0.752. The van der Waals surface area contributed by atoms with E-state index in [2.05, 4.69) is 4.84 Å². The van der Waals surface area contributed by atoms with Crippen LogP contribution in [0.15, 0.2) is 12.1 Å². The molecule has 0 spiro atoms. The predicted molar refractivity (Wildman–Crippen MR) is 46.8 cm³/mol. The van der Waals surface area contributed by atoms with Crippen molar-refractivity contribution >= 4 is 0 Å². The van der Waals surface area contributed by atoms with Crippen LogP contribution in [-0.2, 0) is 11.3 Å². The van der Waals surface area contributed by atoms with E-state index in [-0.39, 0.29) is 6.61 Å². The Morgan fingerprint density at radius 1 is 1.29 bits per heavy atom. The van der Waals surface area contributed by atoms with Crippen LogP contribution in [0.4, 0.5) is 8.78 Å². The first-order chi connectivity index (χ1) is 6.69. The second-order valence-electron chi connectivity index (χ2n) is 2.70. The predicted octanol–water partition coefficient (Wildman–Crippen LogP) is 1.41. The van der Waals surface area contributed by atoms with Gasteiger partial charge in [0.25, 0.3) is 0 Å². The average molecular weight is 203 g/mol. The molecule has 0 aliphatic heterocycles. The molecule has 0 unspecified atom stereocenters. The lowest BCUT2D eigenvalue weighted by Crippen LogP contribution is -2.05. The van der Waals surface area contributed by atoms with Gasteiger partial charge in [-0.15, -0.1) is 0 Å². The van der Waals surface area contributed by atoms with Gasteiger partial charge in [-0.1, -0.05) is 0 Å². The summed E-state index contributed by atoms with van der Waals surface area (Å²) in [5.41, 5.74) is 0.525. The first-order valence-corrected chi connectivity index (χ1v) is 4.02. The molecule has 0 radical (unpaired) electrons. The smallest absolute Gasteiger partial charge is 0.162 e. The Hall–Kier alpha value is -1.20. The molecule has 0 bridgehead atoms. The average Bonchev–Trinajstić information content (AvgIpc) is 2.19. The summed E-state index contributed by atoms with van der Waals surface area (Å²) in [4.78, 5) is 4.34. The molecule has 1 rings (SSSR count). The third kappa shape index (κ3) is 2.40. The highest BCUT2D eigenvalue weighted by molar-refractivity contribution is 5.34. The topological polar surface area (TPSA) is 44.5 Å². The molecule has 0 heterocycles. The van der Waals surface area contributed by atoms with Crippen LogP contribution < -0.4 is 10.6 Å². The second-order valence-corrected chi connectivity index (χ2v) is 2.70. The summed E-state index contributed by atoms with van der Waals surface area (Å²) in [6.07, 6.45) is 0.372. The van der Waals surface area contributed by atoms with Crippen molar-refractivity contribution in [2.45, 2.75) is 6.42 Å². The first-order valence-electron chi connectivity index (χ1n) is 4.02. The molecule has 0 saturated carbocycles. The fourth-order valence-electron chi connectivity index (χ4n) is 1.12. The third-order valence-corrected chi connectivity index (χ3v) is 1.81. The van der Waals surface area contributed by atoms with Crippen LogP contribution >= 0.6 is 0 Å². The summed E-state index contributed by atoms with van der Waals surface area (Å²) < 4.78 is 30.5. The van der Waals surface area contributed by atoms with Gasteiger partial charge >= 0.3 is 0 Å². The number of halogens is 2. The van der Waals surface area contributed by atoms with Gasteiger partial charge in [-0.25, -0.2) is 14.7 Å². The van der Waals surface area contributed by atoms with Crippen LogP contribution in [-0.4, -0.2) is 13.7 Å². The van der Waals surface area contributed by atoms with Gasteiger partial charge in [0.15, 0.2) is 11.6 Å². The monoisotopic (exact) mass is 203 g/mol. The van der Waals surface area contributed by atoms with Crippen LogP contribution in [0.25, 0.3) is 0 Å². The molecular formula is C9H11F2NO2. The lowest BCUT2D eigenvalue weighted by atomic mass is 10.1. The zero-order valence-corrected chi connectivity index (χ0v) is 7.72. The van der Waals surface area contributed by atoms with Gasteiger partial charge in [-0.2, -0.15) is 0 Å². The summed E-state index contributed by atoms with van der Waals surface area (Å²) in [5.74, 6) is 3.28. The van der Waals surface area contributed by atoms with Gasteiger partial charge in [0.05, 0.1) is 13.7 Å². The van der Waals surface area contributed by atoms with Gasteiger partial charge in [-0.3, -0.25) is 0 Å². The van der Waals surface area contributed by atoms with Crippen LogP contribution in [0.1, 0.15) is 5.56 Å². The molecule has 0 saturated heterocycles. The maximum Gasteiger partial charge on any atom is 0.162 e. The van der Waals surface area contributed by atoms with Crippen molar-refractivity contribution in [1.29, 1.82) is 0 Å². The van der Waals surface area contributed by atoms with Crippen LogP contribution in [0.3, 0.4) is 0 Å². The van der Waals surface area contributed by atoms with Crippen molar-refractivity contribution in [3.05, 3.63) is 29.3 Å². The largest absolute Gasteiger partial charge is 0.496 e. The number of ether oxygens (including phenoxy) is 1. The minimum absolute atomic E-state index is 0.224. The molecule has 78 valence electrons. The second kappa shape index (κ2) is 4.88. The molecule has 2 N–H and O–H groups in total. The molecule has 14 heavy (non-hydrogen) atoms. The molecule has 0 aliphatic rings. The number of hydrogen-bond donors (Lipinski definition) is 1. The van der Waals surface area contributed by atoms with E-state index < -0.39 is 11.6 Å². The van der Waals surface area contributed by atoms with E-state index in [0.717, 1.165) is 12.1 Å². The van der Waals surface area contributed by atoms with E-state index in [0.29, 0.717) is 17.7 Å². The normalized spacial score (nSPS) is 10.3. The molecule has 0 fully saturated rings. The van der Waals surface area contributed by atoms with Gasteiger partial charge in [-0.05, 0) is 11.6 Å². The number of hydrogen-bond acceptors (Lipinski definition) is 3. The SMILES string of the molecule is COc1cc(F)c(F)cc1CCON. The van der Waals surface area contributed by atoms with Crippen molar-refractivity contribution in [3.8, 4) is 5.75 Å². The highest BCUT2D eigenvalue weighted by atomic mass is 19.2. The Bertz CT molecular complexity index is 318. The molecule has 0 amide bonds. The van der Waals surface area contributed by atoms with Crippen molar-refractivity contribution in [2.24, 2.45) is 5.90 Å². The summed E-state index contributed by atoms with van der Waals surface area (Å²) >= 11 is 0. The summed E-state index contributed by atoms with van der Waals surface area (Å²) in [7, 11) is 1.39. The molecule has 0 aromatic heterocycles. The molecule has 1 aromatic carbocycles. The number of nitrogens with two attached hydrogens (primary N) is 1. The van der Waals surface area contributed by atoms with Gasteiger partial charge in [0.2, 0.25) is 0 Å². The fourth-order valence-corrected chi connectivity index (χ4v) is 1.12. The first kappa shape index (κ1) is 10.9. The Morgan fingerprint density at radius 2 is 1.93 bits per heavy atom. The number of rotatable bonds is 4. The minimum atomic E-state index is -0.931. The van der Waals surface area contributed by atoms with Crippen molar-refractivity contribution < 1.29 is 18.4 Å². The maximum absolute atomic E-state index is 12.8. The lowest BCUT2D eigenvalue weighted by Gasteiger charge is -2.08. The molecule has 5 heteroatoms. The Kier molecular flexibility index (Phi) is 3.79. The zero-order valence-electron chi connectivity index (χ0n) is 7.72. The summed E-state index contributed by atoms with van der Waals surface area (Å²) in [6, 6.07) is 2.08. The Labute approximate surface area is 80.4 Å². The van der Waals surface area contributed by atoms with E-state index in [1.54, 1.807) is 0 Å². The number of benzene rings is 1. The Morgan fingerprint density at radius 3 is 2.50 bits per heavy atom. The molecule has 0 atom stereocenters. The third-order valence-electron chi connectivity index (χ3n) is 1.81. The van der Waals surface area contributed by atoms with E-state index in [4.69, 9.17) is 10.6 Å². The number of methoxy groups -OCH3 is 1. The highest BCUT2D eigenvalue weighted by Crippen LogP contribution is 2.22. The van der Waals surface area contributed by atoms with Crippen molar-refractivity contribution in [1.82, 2.24) is 0 Å². The van der Waals surface area contributed by atoms with Crippen molar-refractivity contribution in [2.75, 3.05) is 13.7 Å². The Balaban J connectivity index is 2.95. The lowest BCUT2D eigenvalue weighted by molar-refractivity contribution is 0.140. The zero-order chi connectivity index (χ0) is 10.6. The van der Waals surface area contributed by atoms with Gasteiger partial charge < -0.3 is 9.57 Å². The molecule has 0 aliphatic carbocycles. The highest BCUT2D eigenvalue weighted by Gasteiger charge is 2.09. The molecule has 1 aromatic rings. The van der Waals surface area contributed by atoms with Crippen LogP contribution in [0.2, 0.25) is 0 Å². The van der Waals surface area contributed by atoms with Crippen molar-refractivity contribution in [3.63, 3.8) is 0 Å². The van der Waals surface area contributed by atoms with E-state index >= 15 is 0 Å². The summed E-state index contributed by atoms with van der Waals surface area (Å²) in [5, 5.41) is 0. The molecular weight excluding hydrogens is 192 g/mol. The standard InChI is InChI=1S/C9H11F2NO2/c1-13-9-5-8(11)7(10)4-6(9)2-3-14-12/h4-5H,2-3,12H2,1H3. The summed E-state index contributed by atoms with van der Waals surface area (Å²) in [6.45, 7) is 0.224. The van der Waals surface area contributed by atoms with Crippen LogP contribution in [0, 0.1) is 11.6 Å². The van der Waals surface area contributed by atoms with Crippen LogP contribution in [0.5, 0.6) is 5.75 Å². The van der Waals surface area contributed by atoms with E-state index in [1.165, 1.54) is 7.11 Å². The van der Waals surface area contributed by atoms with Gasteiger partial charge in [0, 0.05) is 12.5 Å². The van der Waals surface area contributed by atoms with E-state index in [1.807, 2.05) is 0 Å². The molecule has 3 nitrogen and oxygen atoms in total. The minimum Gasteiger partial charge on any atom is -0.496 e. The fraction of sp³-hybridized carbons (Fsp3) is 0.333.